The van der Waals surface area contributed by atoms with Gasteiger partial charge in [0, 0.05) is 11.1 Å². The molecule has 0 aliphatic heterocycles. The van der Waals surface area contributed by atoms with Gasteiger partial charge >= 0.3 is 0 Å². The van der Waals surface area contributed by atoms with Gasteiger partial charge in [0.2, 0.25) is 0 Å². The molecule has 0 spiro atoms. The van der Waals surface area contributed by atoms with Gasteiger partial charge in [0.15, 0.2) is 5.11 Å². The first-order chi connectivity index (χ1) is 14.9. The molecule has 0 aliphatic rings. The standard InChI is InChI=1S/C23H29N3O4S/c1-4-5-13-29-20-8-6-7-18(14-20)21(27)24-23(31)26-25-22(28)17-9-11-19(12-10-17)30-15-16(2)3/h6-12,14,16H,4-5,13,15H2,1-3H3,(H,25,28)(H2,24,26,27,31). The first kappa shape index (κ1) is 24.1. The Hall–Kier alpha value is -3.13. The van der Waals surface area contributed by atoms with Gasteiger partial charge in [0.1, 0.15) is 11.5 Å². The molecule has 166 valence electrons. The molecule has 2 aromatic rings. The van der Waals surface area contributed by atoms with E-state index in [2.05, 4.69) is 36.9 Å². The van der Waals surface area contributed by atoms with Crippen molar-refractivity contribution >= 4 is 29.1 Å². The van der Waals surface area contributed by atoms with E-state index in [-0.39, 0.29) is 5.11 Å². The maximum atomic E-state index is 12.4. The molecular weight excluding hydrogens is 414 g/mol. The fraction of sp³-hybridized carbons (Fsp3) is 0.348. The van der Waals surface area contributed by atoms with Gasteiger partial charge in [0.05, 0.1) is 13.2 Å². The number of carbonyl (C=O) groups excluding carboxylic acids is 2. The lowest BCUT2D eigenvalue weighted by molar-refractivity contribution is 0.0934. The van der Waals surface area contributed by atoms with Crippen molar-refractivity contribution in [1.82, 2.24) is 16.2 Å². The van der Waals surface area contributed by atoms with E-state index < -0.39 is 11.8 Å². The quantitative estimate of drug-likeness (QED) is 0.310. The van der Waals surface area contributed by atoms with Crippen molar-refractivity contribution in [3.05, 3.63) is 59.7 Å². The Morgan fingerprint density at radius 3 is 2.35 bits per heavy atom. The lowest BCUT2D eigenvalue weighted by atomic mass is 10.2. The second-order valence-electron chi connectivity index (χ2n) is 7.32. The van der Waals surface area contributed by atoms with Crippen molar-refractivity contribution < 1.29 is 19.1 Å². The summed E-state index contributed by atoms with van der Waals surface area (Å²) in [4.78, 5) is 24.6. The first-order valence-electron chi connectivity index (χ1n) is 10.3. The highest BCUT2D eigenvalue weighted by atomic mass is 32.1. The maximum absolute atomic E-state index is 12.4. The topological polar surface area (TPSA) is 88.7 Å². The van der Waals surface area contributed by atoms with E-state index in [1.807, 2.05) is 0 Å². The molecule has 31 heavy (non-hydrogen) atoms. The molecule has 3 N–H and O–H groups in total. The molecule has 0 aromatic heterocycles. The first-order valence-corrected chi connectivity index (χ1v) is 10.7. The molecule has 0 aliphatic carbocycles. The Morgan fingerprint density at radius 2 is 1.68 bits per heavy atom. The number of rotatable bonds is 9. The Kier molecular flexibility index (Phi) is 9.77. The lowest BCUT2D eigenvalue weighted by Crippen LogP contribution is -2.48. The van der Waals surface area contributed by atoms with Crippen LogP contribution in [-0.4, -0.2) is 30.1 Å². The van der Waals surface area contributed by atoms with Crippen LogP contribution in [0, 0.1) is 5.92 Å². The SMILES string of the molecule is CCCCOc1cccc(C(=O)NC(=S)NNC(=O)c2ccc(OCC(C)C)cc2)c1. The van der Waals surface area contributed by atoms with E-state index in [4.69, 9.17) is 21.7 Å². The van der Waals surface area contributed by atoms with Crippen LogP contribution in [-0.2, 0) is 0 Å². The summed E-state index contributed by atoms with van der Waals surface area (Å²) in [6.45, 7) is 7.41. The van der Waals surface area contributed by atoms with E-state index in [0.717, 1.165) is 12.8 Å². The van der Waals surface area contributed by atoms with E-state index >= 15 is 0 Å². The molecule has 7 nitrogen and oxygen atoms in total. The summed E-state index contributed by atoms with van der Waals surface area (Å²) in [5.74, 6) is 0.938. The Balaban J connectivity index is 1.81. The van der Waals surface area contributed by atoms with Crippen molar-refractivity contribution in [1.29, 1.82) is 0 Å². The number of carbonyl (C=O) groups is 2. The van der Waals surface area contributed by atoms with Crippen molar-refractivity contribution in [2.24, 2.45) is 5.92 Å². The van der Waals surface area contributed by atoms with E-state index in [0.29, 0.717) is 41.8 Å². The summed E-state index contributed by atoms with van der Waals surface area (Å²) >= 11 is 5.09. The van der Waals surface area contributed by atoms with Crippen LogP contribution in [0.1, 0.15) is 54.3 Å². The molecule has 0 heterocycles. The molecule has 0 saturated carbocycles. The molecule has 2 rings (SSSR count). The Bertz CT molecular complexity index is 885. The summed E-state index contributed by atoms with van der Waals surface area (Å²) in [6.07, 6.45) is 1.97. The van der Waals surface area contributed by atoms with Crippen molar-refractivity contribution in [2.45, 2.75) is 33.6 Å². The minimum absolute atomic E-state index is 0.0208. The van der Waals surface area contributed by atoms with Gasteiger partial charge in [-0.3, -0.25) is 25.8 Å². The van der Waals surface area contributed by atoms with Crippen LogP contribution >= 0.6 is 12.2 Å². The number of unbranched alkanes of at least 4 members (excludes halogenated alkanes) is 1. The zero-order valence-corrected chi connectivity index (χ0v) is 18.9. The predicted molar refractivity (Wildman–Crippen MR) is 124 cm³/mol. The normalized spacial score (nSPS) is 10.3. The van der Waals surface area contributed by atoms with Gasteiger partial charge in [0.25, 0.3) is 11.8 Å². The molecule has 0 fully saturated rings. The van der Waals surface area contributed by atoms with E-state index in [1.165, 1.54) is 0 Å². The molecule has 2 amide bonds. The molecule has 8 heteroatoms. The number of hydrogen-bond acceptors (Lipinski definition) is 5. The summed E-state index contributed by atoms with van der Waals surface area (Å²) < 4.78 is 11.2. The van der Waals surface area contributed by atoms with Crippen LogP contribution in [0.15, 0.2) is 48.5 Å². The minimum Gasteiger partial charge on any atom is -0.494 e. The minimum atomic E-state index is -0.403. The molecule has 0 saturated heterocycles. The van der Waals surface area contributed by atoms with Crippen LogP contribution < -0.4 is 25.6 Å². The number of amides is 2. The van der Waals surface area contributed by atoms with Crippen LogP contribution in [0.25, 0.3) is 0 Å². The van der Waals surface area contributed by atoms with Gasteiger partial charge in [-0.15, -0.1) is 0 Å². The summed E-state index contributed by atoms with van der Waals surface area (Å²) in [5, 5.41) is 2.50. The average molecular weight is 444 g/mol. The zero-order valence-electron chi connectivity index (χ0n) is 18.1. The highest BCUT2D eigenvalue weighted by molar-refractivity contribution is 7.80. The predicted octanol–water partition coefficient (Wildman–Crippen LogP) is 3.85. The third-order valence-corrected chi connectivity index (χ3v) is 4.28. The third-order valence-electron chi connectivity index (χ3n) is 4.08. The third kappa shape index (κ3) is 8.64. The molecule has 0 radical (unpaired) electrons. The van der Waals surface area contributed by atoms with E-state index in [1.54, 1.807) is 48.5 Å². The Morgan fingerprint density at radius 1 is 0.935 bits per heavy atom. The van der Waals surface area contributed by atoms with Gasteiger partial charge in [-0.25, -0.2) is 0 Å². The number of thiocarbonyl (C=S) groups is 1. The lowest BCUT2D eigenvalue weighted by Gasteiger charge is -2.12. The number of nitrogens with one attached hydrogen (secondary N) is 3. The van der Waals surface area contributed by atoms with Crippen molar-refractivity contribution in [2.75, 3.05) is 13.2 Å². The fourth-order valence-corrected chi connectivity index (χ4v) is 2.56. The number of ether oxygens (including phenoxy) is 2. The van der Waals surface area contributed by atoms with Crippen LogP contribution in [0.3, 0.4) is 0 Å². The molecule has 0 unspecified atom stereocenters. The molecular formula is C23H29N3O4S. The summed E-state index contributed by atoms with van der Waals surface area (Å²) in [7, 11) is 0. The van der Waals surface area contributed by atoms with Gasteiger partial charge in [-0.1, -0.05) is 33.3 Å². The van der Waals surface area contributed by atoms with Gasteiger partial charge < -0.3 is 9.47 Å². The molecule has 0 atom stereocenters. The van der Waals surface area contributed by atoms with Crippen molar-refractivity contribution in [3.63, 3.8) is 0 Å². The van der Waals surface area contributed by atoms with Gasteiger partial charge in [-0.05, 0) is 67.0 Å². The maximum Gasteiger partial charge on any atom is 0.269 e. The van der Waals surface area contributed by atoms with E-state index in [9.17, 15) is 9.59 Å². The summed E-state index contributed by atoms with van der Waals surface area (Å²) in [6, 6.07) is 13.6. The largest absolute Gasteiger partial charge is 0.494 e. The number of hydrogen-bond donors (Lipinski definition) is 3. The highest BCUT2D eigenvalue weighted by Crippen LogP contribution is 2.14. The molecule has 2 aromatic carbocycles. The van der Waals surface area contributed by atoms with Crippen molar-refractivity contribution in [3.8, 4) is 11.5 Å². The average Bonchev–Trinajstić information content (AvgIpc) is 2.76. The second kappa shape index (κ2) is 12.5. The van der Waals surface area contributed by atoms with Crippen LogP contribution in [0.2, 0.25) is 0 Å². The zero-order chi connectivity index (χ0) is 22.6. The van der Waals surface area contributed by atoms with Crippen LogP contribution in [0.4, 0.5) is 0 Å². The number of hydrazine groups is 1. The number of benzene rings is 2. The Labute approximate surface area is 188 Å². The molecule has 0 bridgehead atoms. The second-order valence-corrected chi connectivity index (χ2v) is 7.73. The highest BCUT2D eigenvalue weighted by Gasteiger charge is 2.11. The fourth-order valence-electron chi connectivity index (χ4n) is 2.42. The smallest absolute Gasteiger partial charge is 0.269 e. The van der Waals surface area contributed by atoms with Gasteiger partial charge in [-0.2, -0.15) is 0 Å². The summed E-state index contributed by atoms with van der Waals surface area (Å²) in [5.41, 5.74) is 5.82. The van der Waals surface area contributed by atoms with Crippen LogP contribution in [0.5, 0.6) is 11.5 Å². The monoisotopic (exact) mass is 443 g/mol.